The summed E-state index contributed by atoms with van der Waals surface area (Å²) in [6.45, 7) is 3.45. The van der Waals surface area contributed by atoms with Gasteiger partial charge < -0.3 is 20.1 Å². The molecule has 0 saturated carbocycles. The highest BCUT2D eigenvalue weighted by Crippen LogP contribution is 2.32. The van der Waals surface area contributed by atoms with Crippen LogP contribution in [0.3, 0.4) is 0 Å². The Morgan fingerprint density at radius 3 is 2.83 bits per heavy atom. The number of methoxy groups -OCH3 is 2. The first-order chi connectivity index (χ1) is 11.1. The number of carbonyl (C=O) groups excluding carboxylic acids is 1. The van der Waals surface area contributed by atoms with E-state index in [-0.39, 0.29) is 24.9 Å². The monoisotopic (exact) mass is 371 g/mol. The Morgan fingerprint density at radius 2 is 2.12 bits per heavy atom. The van der Waals surface area contributed by atoms with Gasteiger partial charge in [-0.05, 0) is 19.1 Å². The third-order valence-electron chi connectivity index (χ3n) is 3.15. The molecular weight excluding hydrogens is 350 g/mol. The van der Waals surface area contributed by atoms with Crippen molar-refractivity contribution in [3.63, 3.8) is 0 Å². The van der Waals surface area contributed by atoms with Crippen LogP contribution in [0.5, 0.6) is 5.75 Å². The van der Waals surface area contributed by atoms with Crippen LogP contribution in [0.4, 0.5) is 5.13 Å². The highest BCUT2D eigenvalue weighted by molar-refractivity contribution is 7.14. The van der Waals surface area contributed by atoms with Gasteiger partial charge >= 0.3 is 0 Å². The zero-order valence-corrected chi connectivity index (χ0v) is 15.6. The average molecular weight is 372 g/mol. The number of nitrogens with zero attached hydrogens (tertiary/aromatic N) is 1. The normalized spacial score (nSPS) is 10.1. The van der Waals surface area contributed by atoms with Crippen LogP contribution in [0.15, 0.2) is 23.6 Å². The first kappa shape index (κ1) is 20.4. The van der Waals surface area contributed by atoms with Gasteiger partial charge in [0.1, 0.15) is 5.75 Å². The van der Waals surface area contributed by atoms with Crippen LogP contribution in [0, 0.1) is 6.92 Å². The van der Waals surface area contributed by atoms with Gasteiger partial charge in [-0.1, -0.05) is 11.6 Å². The molecule has 1 aromatic heterocycles. The minimum atomic E-state index is -0.127. The lowest BCUT2D eigenvalue weighted by Crippen LogP contribution is -2.30. The van der Waals surface area contributed by atoms with Gasteiger partial charge in [-0.25, -0.2) is 4.98 Å². The molecule has 1 aromatic carbocycles. The SMILES string of the molecule is COCCNCC(=O)Nc1nc(-c2cc(C)ccc2OC)cs1.Cl. The number of rotatable bonds is 8. The number of halogens is 1. The third-order valence-corrected chi connectivity index (χ3v) is 3.91. The molecule has 6 nitrogen and oxygen atoms in total. The fraction of sp³-hybridized carbons (Fsp3) is 0.375. The van der Waals surface area contributed by atoms with E-state index in [0.29, 0.717) is 18.3 Å². The van der Waals surface area contributed by atoms with Crippen molar-refractivity contribution in [1.29, 1.82) is 0 Å². The third kappa shape index (κ3) is 5.76. The Balaban J connectivity index is 0.00000288. The van der Waals surface area contributed by atoms with Gasteiger partial charge in [-0.3, -0.25) is 4.79 Å². The highest BCUT2D eigenvalue weighted by atomic mass is 35.5. The number of amides is 1. The van der Waals surface area contributed by atoms with E-state index >= 15 is 0 Å². The highest BCUT2D eigenvalue weighted by Gasteiger charge is 2.11. The Bertz CT molecular complexity index is 664. The number of benzene rings is 1. The number of carbonyl (C=O) groups is 1. The topological polar surface area (TPSA) is 72.5 Å². The molecule has 1 heterocycles. The van der Waals surface area contributed by atoms with Crippen LogP contribution >= 0.6 is 23.7 Å². The molecule has 0 unspecified atom stereocenters. The second kappa shape index (κ2) is 10.2. The molecule has 0 bridgehead atoms. The first-order valence-corrected chi connectivity index (χ1v) is 8.12. The molecule has 2 rings (SSSR count). The number of hydrogen-bond donors (Lipinski definition) is 2. The quantitative estimate of drug-likeness (QED) is 0.698. The number of anilines is 1. The minimum Gasteiger partial charge on any atom is -0.496 e. The second-order valence-corrected chi connectivity index (χ2v) is 5.82. The molecule has 0 atom stereocenters. The summed E-state index contributed by atoms with van der Waals surface area (Å²) in [7, 11) is 3.26. The van der Waals surface area contributed by atoms with Crippen molar-refractivity contribution in [3.05, 3.63) is 29.1 Å². The summed E-state index contributed by atoms with van der Waals surface area (Å²) in [4.78, 5) is 16.3. The van der Waals surface area contributed by atoms with Gasteiger partial charge in [0.2, 0.25) is 5.91 Å². The van der Waals surface area contributed by atoms with Crippen molar-refractivity contribution in [2.45, 2.75) is 6.92 Å². The number of nitrogens with one attached hydrogen (secondary N) is 2. The summed E-state index contributed by atoms with van der Waals surface area (Å²) in [5, 5.41) is 8.26. The lowest BCUT2D eigenvalue weighted by Gasteiger charge is -2.07. The number of ether oxygens (including phenoxy) is 2. The number of thiazole rings is 1. The average Bonchev–Trinajstić information content (AvgIpc) is 3.00. The Kier molecular flexibility index (Phi) is 8.70. The summed E-state index contributed by atoms with van der Waals surface area (Å²) >= 11 is 1.39. The van der Waals surface area contributed by atoms with E-state index < -0.39 is 0 Å². The van der Waals surface area contributed by atoms with Crippen LogP contribution in [0.25, 0.3) is 11.3 Å². The Morgan fingerprint density at radius 1 is 1.33 bits per heavy atom. The van der Waals surface area contributed by atoms with E-state index in [0.717, 1.165) is 22.6 Å². The van der Waals surface area contributed by atoms with Crippen molar-refractivity contribution >= 4 is 34.8 Å². The van der Waals surface area contributed by atoms with Crippen molar-refractivity contribution < 1.29 is 14.3 Å². The van der Waals surface area contributed by atoms with Crippen LogP contribution in [-0.4, -0.2) is 44.8 Å². The molecule has 0 aliphatic rings. The lowest BCUT2D eigenvalue weighted by atomic mass is 10.1. The van der Waals surface area contributed by atoms with Gasteiger partial charge in [-0.2, -0.15) is 0 Å². The van der Waals surface area contributed by atoms with Crippen molar-refractivity contribution in [1.82, 2.24) is 10.3 Å². The molecule has 2 aromatic rings. The summed E-state index contributed by atoms with van der Waals surface area (Å²) in [5.41, 5.74) is 2.84. The van der Waals surface area contributed by atoms with E-state index in [2.05, 4.69) is 15.6 Å². The zero-order valence-electron chi connectivity index (χ0n) is 13.9. The smallest absolute Gasteiger partial charge is 0.240 e. The van der Waals surface area contributed by atoms with Gasteiger partial charge in [-0.15, -0.1) is 23.7 Å². The van der Waals surface area contributed by atoms with Crippen LogP contribution < -0.4 is 15.4 Å². The summed E-state index contributed by atoms with van der Waals surface area (Å²) in [5.74, 6) is 0.637. The molecule has 0 radical (unpaired) electrons. The molecule has 0 fully saturated rings. The first-order valence-electron chi connectivity index (χ1n) is 7.24. The second-order valence-electron chi connectivity index (χ2n) is 4.96. The molecule has 2 N–H and O–H groups in total. The summed E-state index contributed by atoms with van der Waals surface area (Å²) < 4.78 is 10.3. The molecule has 0 aliphatic heterocycles. The van der Waals surface area contributed by atoms with Gasteiger partial charge in [0.25, 0.3) is 0 Å². The van der Waals surface area contributed by atoms with E-state index in [1.54, 1.807) is 14.2 Å². The largest absolute Gasteiger partial charge is 0.496 e. The predicted molar refractivity (Wildman–Crippen MR) is 99.5 cm³/mol. The molecule has 0 spiro atoms. The maximum atomic E-state index is 11.8. The fourth-order valence-corrected chi connectivity index (χ4v) is 2.74. The van der Waals surface area contributed by atoms with Gasteiger partial charge in [0, 0.05) is 24.6 Å². The van der Waals surface area contributed by atoms with Crippen LogP contribution in [0.2, 0.25) is 0 Å². The molecule has 0 aliphatic carbocycles. The Labute approximate surface area is 152 Å². The van der Waals surface area contributed by atoms with Crippen molar-refractivity contribution in [2.24, 2.45) is 0 Å². The molecule has 24 heavy (non-hydrogen) atoms. The molecule has 8 heteroatoms. The van der Waals surface area contributed by atoms with E-state index in [1.807, 2.05) is 30.5 Å². The maximum Gasteiger partial charge on any atom is 0.240 e. The fourth-order valence-electron chi connectivity index (χ4n) is 2.02. The lowest BCUT2D eigenvalue weighted by molar-refractivity contribution is -0.115. The molecule has 0 saturated heterocycles. The zero-order chi connectivity index (χ0) is 16.7. The standard InChI is InChI=1S/C16H21N3O3S.ClH/c1-11-4-5-14(22-3)12(8-11)13-10-23-16(18-13)19-15(20)9-17-6-7-21-2;/h4-5,8,10,17H,6-7,9H2,1-3H3,(H,18,19,20);1H. The predicted octanol–water partition coefficient (Wildman–Crippen LogP) is 2.72. The number of aryl methyl sites for hydroxylation is 1. The summed E-state index contributed by atoms with van der Waals surface area (Å²) in [6.07, 6.45) is 0. The number of aromatic nitrogens is 1. The van der Waals surface area contributed by atoms with E-state index in [4.69, 9.17) is 9.47 Å². The molecular formula is C16H22ClN3O3S. The summed E-state index contributed by atoms with van der Waals surface area (Å²) in [6, 6.07) is 5.93. The maximum absolute atomic E-state index is 11.8. The molecule has 1 amide bonds. The van der Waals surface area contributed by atoms with Crippen molar-refractivity contribution in [3.8, 4) is 17.0 Å². The van der Waals surface area contributed by atoms with Crippen molar-refractivity contribution in [2.75, 3.05) is 39.2 Å². The van der Waals surface area contributed by atoms with Gasteiger partial charge in [0.15, 0.2) is 5.13 Å². The van der Waals surface area contributed by atoms with Crippen LogP contribution in [-0.2, 0) is 9.53 Å². The molecule has 132 valence electrons. The van der Waals surface area contributed by atoms with E-state index in [1.165, 1.54) is 11.3 Å². The van der Waals surface area contributed by atoms with Gasteiger partial charge in [0.05, 0.1) is 26.0 Å². The minimum absolute atomic E-state index is 0. The van der Waals surface area contributed by atoms with E-state index in [9.17, 15) is 4.79 Å². The van der Waals surface area contributed by atoms with Crippen LogP contribution in [0.1, 0.15) is 5.56 Å². The Hall–Kier alpha value is -1.67. The number of hydrogen-bond acceptors (Lipinski definition) is 6.